The molecule has 0 unspecified atom stereocenters. The van der Waals surface area contributed by atoms with Crippen LogP contribution in [0.25, 0.3) is 0 Å². The molecule has 1 fully saturated rings. The summed E-state index contributed by atoms with van der Waals surface area (Å²) in [7, 11) is 0. The molecule has 0 amide bonds. The normalized spacial score (nSPS) is 19.2. The molecule has 0 N–H and O–H groups in total. The number of aryl methyl sites for hydroxylation is 1. The number of hydrogen-bond acceptors (Lipinski definition) is 4. The van der Waals surface area contributed by atoms with Crippen LogP contribution in [0.3, 0.4) is 0 Å². The highest BCUT2D eigenvalue weighted by molar-refractivity contribution is 7.78. The molecule has 0 aromatic heterocycles. The molecule has 0 radical (unpaired) electrons. The summed E-state index contributed by atoms with van der Waals surface area (Å²) < 4.78 is 12.0. The summed E-state index contributed by atoms with van der Waals surface area (Å²) in [5.74, 6) is 0.260. The largest absolute Gasteiger partial charge is 0.348 e. The number of para-hydroxylation sites is 1. The lowest BCUT2D eigenvalue weighted by Crippen LogP contribution is -2.25. The number of thiocarbonyl (C=S) groups is 1. The average molecular weight is 396 g/mol. The Kier molecular flexibility index (Phi) is 8.38. The van der Waals surface area contributed by atoms with Crippen LogP contribution in [0.15, 0.2) is 53.5 Å². The Morgan fingerprint density at radius 1 is 0.964 bits per heavy atom. The Morgan fingerprint density at radius 2 is 1.68 bits per heavy atom. The first-order valence-corrected chi connectivity index (χ1v) is 10.7. The van der Waals surface area contributed by atoms with Crippen LogP contribution in [0.1, 0.15) is 67.9 Å². The zero-order chi connectivity index (χ0) is 19.6. The van der Waals surface area contributed by atoms with E-state index in [2.05, 4.69) is 41.3 Å². The fourth-order valence-electron chi connectivity index (χ4n) is 3.60. The number of nitrogens with zero attached hydrogens (tertiary/aromatic N) is 1. The maximum atomic E-state index is 6.01. The molecule has 0 aliphatic carbocycles. The first-order valence-electron chi connectivity index (χ1n) is 10.3. The number of unbranched alkanes of at least 4 members (excludes halogenated alkanes) is 4. The highest BCUT2D eigenvalue weighted by Crippen LogP contribution is 2.34. The molecule has 4 heteroatoms. The van der Waals surface area contributed by atoms with E-state index in [0.717, 1.165) is 11.3 Å². The van der Waals surface area contributed by atoms with Crippen molar-refractivity contribution >= 4 is 23.1 Å². The standard InChI is InChI=1S/C24H29NO2S/c1-2-3-4-5-6-9-19-12-14-20(15-13-19)21-16-26-24(27-17-21)22-10-7-8-11-23(22)25-18-28/h7-8,10-15,21,24H,2-6,9,16-17H2,1H3. The summed E-state index contributed by atoms with van der Waals surface area (Å²) in [6, 6.07) is 16.7. The molecule has 0 saturated carbocycles. The van der Waals surface area contributed by atoms with E-state index < -0.39 is 6.29 Å². The Hall–Kier alpha value is -1.84. The van der Waals surface area contributed by atoms with E-state index in [1.165, 1.54) is 49.7 Å². The molecule has 3 rings (SSSR count). The number of benzene rings is 2. The van der Waals surface area contributed by atoms with Crippen LogP contribution in [-0.4, -0.2) is 18.4 Å². The molecule has 2 aromatic rings. The quantitative estimate of drug-likeness (QED) is 0.267. The minimum atomic E-state index is -0.401. The molecule has 3 nitrogen and oxygen atoms in total. The van der Waals surface area contributed by atoms with Crippen LogP contribution in [0.5, 0.6) is 0 Å². The second-order valence-electron chi connectivity index (χ2n) is 7.36. The van der Waals surface area contributed by atoms with E-state index in [1.807, 2.05) is 24.3 Å². The van der Waals surface area contributed by atoms with Crippen molar-refractivity contribution < 1.29 is 9.47 Å². The monoisotopic (exact) mass is 395 g/mol. The Labute approximate surface area is 173 Å². The van der Waals surface area contributed by atoms with Gasteiger partial charge in [-0.1, -0.05) is 75.1 Å². The molecular weight excluding hydrogens is 366 g/mol. The molecule has 1 heterocycles. The van der Waals surface area contributed by atoms with Crippen molar-refractivity contribution in [2.75, 3.05) is 13.2 Å². The number of isothiocyanates is 1. The van der Waals surface area contributed by atoms with Gasteiger partial charge in [-0.25, -0.2) is 0 Å². The van der Waals surface area contributed by atoms with Crippen LogP contribution in [0.4, 0.5) is 5.69 Å². The van der Waals surface area contributed by atoms with Crippen molar-refractivity contribution in [2.24, 2.45) is 4.99 Å². The molecule has 2 aromatic carbocycles. The van der Waals surface area contributed by atoms with Gasteiger partial charge in [-0.05, 0) is 42.3 Å². The van der Waals surface area contributed by atoms with Crippen LogP contribution in [-0.2, 0) is 15.9 Å². The molecule has 0 spiro atoms. The van der Waals surface area contributed by atoms with Gasteiger partial charge in [-0.3, -0.25) is 0 Å². The number of rotatable bonds is 9. The highest BCUT2D eigenvalue weighted by Gasteiger charge is 2.26. The lowest BCUT2D eigenvalue weighted by atomic mass is 9.97. The van der Waals surface area contributed by atoms with Crippen molar-refractivity contribution in [2.45, 2.75) is 57.7 Å². The van der Waals surface area contributed by atoms with Gasteiger partial charge in [0.05, 0.1) is 24.1 Å². The van der Waals surface area contributed by atoms with E-state index in [9.17, 15) is 0 Å². The molecular formula is C24H29NO2S. The van der Waals surface area contributed by atoms with Gasteiger partial charge < -0.3 is 9.47 Å². The number of ether oxygens (including phenoxy) is 2. The van der Waals surface area contributed by atoms with Gasteiger partial charge in [0.1, 0.15) is 0 Å². The third-order valence-electron chi connectivity index (χ3n) is 5.27. The highest BCUT2D eigenvalue weighted by atomic mass is 32.1. The molecule has 1 saturated heterocycles. The summed E-state index contributed by atoms with van der Waals surface area (Å²) in [6.45, 7) is 3.53. The van der Waals surface area contributed by atoms with Crippen molar-refractivity contribution in [3.63, 3.8) is 0 Å². The molecule has 28 heavy (non-hydrogen) atoms. The van der Waals surface area contributed by atoms with Crippen molar-refractivity contribution in [3.8, 4) is 0 Å². The van der Waals surface area contributed by atoms with E-state index in [1.54, 1.807) is 0 Å². The topological polar surface area (TPSA) is 30.8 Å². The van der Waals surface area contributed by atoms with Crippen LogP contribution in [0.2, 0.25) is 0 Å². The zero-order valence-electron chi connectivity index (χ0n) is 16.6. The van der Waals surface area contributed by atoms with Crippen molar-refractivity contribution in [1.82, 2.24) is 0 Å². The summed E-state index contributed by atoms with van der Waals surface area (Å²) >= 11 is 4.73. The summed E-state index contributed by atoms with van der Waals surface area (Å²) in [6.07, 6.45) is 7.38. The summed E-state index contributed by atoms with van der Waals surface area (Å²) in [5.41, 5.74) is 4.35. The van der Waals surface area contributed by atoms with Crippen LogP contribution >= 0.6 is 12.2 Å². The van der Waals surface area contributed by atoms with Gasteiger partial charge in [-0.2, -0.15) is 4.99 Å². The molecule has 0 bridgehead atoms. The number of hydrogen-bond donors (Lipinski definition) is 0. The number of aliphatic imine (C=N–C) groups is 1. The zero-order valence-corrected chi connectivity index (χ0v) is 17.4. The average Bonchev–Trinajstić information content (AvgIpc) is 2.75. The van der Waals surface area contributed by atoms with E-state index >= 15 is 0 Å². The molecule has 0 atom stereocenters. The second kappa shape index (κ2) is 11.2. The maximum absolute atomic E-state index is 6.01. The SMILES string of the molecule is CCCCCCCc1ccc(C2COC(c3ccccc3N=C=S)OC2)cc1. The summed E-state index contributed by atoms with van der Waals surface area (Å²) in [4.78, 5) is 4.11. The second-order valence-corrected chi connectivity index (χ2v) is 7.55. The van der Waals surface area contributed by atoms with Gasteiger partial charge in [0.25, 0.3) is 0 Å². The van der Waals surface area contributed by atoms with Gasteiger partial charge in [-0.15, -0.1) is 0 Å². The predicted octanol–water partition coefficient (Wildman–Crippen LogP) is 6.76. The van der Waals surface area contributed by atoms with Crippen LogP contribution in [0, 0.1) is 0 Å². The van der Waals surface area contributed by atoms with E-state index in [4.69, 9.17) is 21.7 Å². The fourth-order valence-corrected chi connectivity index (χ4v) is 3.70. The Morgan fingerprint density at radius 3 is 2.39 bits per heavy atom. The minimum absolute atomic E-state index is 0.260. The first kappa shape index (κ1) is 20.9. The molecule has 1 aliphatic rings. The van der Waals surface area contributed by atoms with Gasteiger partial charge >= 0.3 is 0 Å². The lowest BCUT2D eigenvalue weighted by Gasteiger charge is -2.30. The molecule has 1 aliphatic heterocycles. The van der Waals surface area contributed by atoms with E-state index in [-0.39, 0.29) is 5.92 Å². The maximum Gasteiger partial charge on any atom is 0.185 e. The minimum Gasteiger partial charge on any atom is -0.348 e. The molecule has 148 valence electrons. The third kappa shape index (κ3) is 5.83. The third-order valence-corrected chi connectivity index (χ3v) is 5.37. The first-order chi connectivity index (χ1) is 13.8. The van der Waals surface area contributed by atoms with Crippen LogP contribution < -0.4 is 0 Å². The van der Waals surface area contributed by atoms with Crippen molar-refractivity contribution in [1.29, 1.82) is 0 Å². The Bertz CT molecular complexity index is 775. The van der Waals surface area contributed by atoms with Gasteiger partial charge in [0, 0.05) is 11.5 Å². The summed E-state index contributed by atoms with van der Waals surface area (Å²) in [5, 5.41) is 2.42. The van der Waals surface area contributed by atoms with Crippen molar-refractivity contribution in [3.05, 3.63) is 65.2 Å². The van der Waals surface area contributed by atoms with E-state index in [0.29, 0.717) is 13.2 Å². The lowest BCUT2D eigenvalue weighted by molar-refractivity contribution is -0.191. The smallest absolute Gasteiger partial charge is 0.185 e. The predicted molar refractivity (Wildman–Crippen MR) is 117 cm³/mol. The fraction of sp³-hybridized carbons (Fsp3) is 0.458. The van der Waals surface area contributed by atoms with Gasteiger partial charge in [0.15, 0.2) is 6.29 Å². The Balaban J connectivity index is 1.52. The van der Waals surface area contributed by atoms with Gasteiger partial charge in [0.2, 0.25) is 0 Å².